The van der Waals surface area contributed by atoms with Crippen molar-refractivity contribution in [2.24, 2.45) is 34.5 Å². The van der Waals surface area contributed by atoms with Crippen LogP contribution in [0.4, 0.5) is 0 Å². The van der Waals surface area contributed by atoms with E-state index in [-0.39, 0.29) is 29.1 Å². The van der Waals surface area contributed by atoms with Gasteiger partial charge in [-0.3, -0.25) is 0 Å². The summed E-state index contributed by atoms with van der Waals surface area (Å²) >= 11 is 0. The molecule has 4 rings (SSSR count). The minimum Gasteiger partial charge on any atom is -0.393 e. The van der Waals surface area contributed by atoms with Gasteiger partial charge in [-0.1, -0.05) is 13.8 Å². The average molecular weight is 308 g/mol. The maximum atomic E-state index is 10.9. The van der Waals surface area contributed by atoms with Crippen molar-refractivity contribution < 1.29 is 15.3 Å². The van der Waals surface area contributed by atoms with Crippen molar-refractivity contribution in [2.45, 2.75) is 83.5 Å². The summed E-state index contributed by atoms with van der Waals surface area (Å²) < 4.78 is 0. The highest BCUT2D eigenvalue weighted by Gasteiger charge is 2.63. The van der Waals surface area contributed by atoms with Gasteiger partial charge >= 0.3 is 0 Å². The molecule has 3 nitrogen and oxygen atoms in total. The number of fused-ring (bicyclic) bond motifs is 5. The Morgan fingerprint density at radius 2 is 1.55 bits per heavy atom. The Labute approximate surface area is 134 Å². The van der Waals surface area contributed by atoms with Crippen LogP contribution in [-0.2, 0) is 0 Å². The smallest absolute Gasteiger partial charge is 0.0624 e. The van der Waals surface area contributed by atoms with Crippen molar-refractivity contribution in [3.8, 4) is 0 Å². The van der Waals surface area contributed by atoms with E-state index in [1.807, 2.05) is 0 Å². The summed E-state index contributed by atoms with van der Waals surface area (Å²) in [6, 6.07) is 0. The summed E-state index contributed by atoms with van der Waals surface area (Å²) in [6.45, 7) is 4.57. The Bertz CT molecular complexity index is 452. The van der Waals surface area contributed by atoms with E-state index in [0.717, 1.165) is 38.5 Å². The Kier molecular flexibility index (Phi) is 3.46. The van der Waals surface area contributed by atoms with Gasteiger partial charge in [0, 0.05) is 5.41 Å². The lowest BCUT2D eigenvalue weighted by atomic mass is 9.44. The van der Waals surface area contributed by atoms with Gasteiger partial charge in [0.2, 0.25) is 0 Å². The van der Waals surface area contributed by atoms with Crippen molar-refractivity contribution in [3.05, 3.63) is 0 Å². The zero-order chi connectivity index (χ0) is 15.7. The lowest BCUT2D eigenvalue weighted by Gasteiger charge is -2.61. The molecule has 0 spiro atoms. The van der Waals surface area contributed by atoms with Crippen LogP contribution in [0.1, 0.15) is 65.2 Å². The predicted molar refractivity (Wildman–Crippen MR) is 85.1 cm³/mol. The number of aliphatic hydroxyl groups excluding tert-OH is 3. The Morgan fingerprint density at radius 3 is 2.32 bits per heavy atom. The van der Waals surface area contributed by atoms with Crippen LogP contribution in [0, 0.1) is 34.5 Å². The number of hydrogen-bond donors (Lipinski definition) is 3. The molecule has 0 radical (unpaired) electrons. The van der Waals surface area contributed by atoms with Gasteiger partial charge in [0.05, 0.1) is 18.3 Å². The quantitative estimate of drug-likeness (QED) is 0.645. The van der Waals surface area contributed by atoms with Crippen LogP contribution in [0.5, 0.6) is 0 Å². The molecule has 0 aromatic heterocycles. The Morgan fingerprint density at radius 1 is 0.773 bits per heavy atom. The Balaban J connectivity index is 1.66. The van der Waals surface area contributed by atoms with Crippen molar-refractivity contribution in [2.75, 3.05) is 0 Å². The number of rotatable bonds is 0. The molecule has 9 atom stereocenters. The molecule has 4 aliphatic rings. The fourth-order valence-electron chi connectivity index (χ4n) is 7.19. The fourth-order valence-corrected chi connectivity index (χ4v) is 7.19. The second-order valence-electron chi connectivity index (χ2n) is 9.30. The van der Waals surface area contributed by atoms with Crippen molar-refractivity contribution in [3.63, 3.8) is 0 Å². The molecule has 22 heavy (non-hydrogen) atoms. The van der Waals surface area contributed by atoms with E-state index in [4.69, 9.17) is 0 Å². The van der Waals surface area contributed by atoms with Crippen LogP contribution in [0.15, 0.2) is 0 Å². The third-order valence-corrected chi connectivity index (χ3v) is 8.70. The van der Waals surface area contributed by atoms with Crippen LogP contribution >= 0.6 is 0 Å². The van der Waals surface area contributed by atoms with E-state index in [2.05, 4.69) is 13.8 Å². The fraction of sp³-hybridized carbons (Fsp3) is 1.00. The number of hydrogen-bond acceptors (Lipinski definition) is 3. The summed E-state index contributed by atoms with van der Waals surface area (Å²) in [5.41, 5.74) is 0.0105. The maximum absolute atomic E-state index is 10.9. The molecule has 0 aromatic carbocycles. The average Bonchev–Trinajstić information content (AvgIpc) is 2.79. The normalized spacial score (nSPS) is 61.2. The lowest BCUT2D eigenvalue weighted by Crippen LogP contribution is -2.59. The van der Waals surface area contributed by atoms with Gasteiger partial charge in [0.25, 0.3) is 0 Å². The molecule has 126 valence electrons. The van der Waals surface area contributed by atoms with E-state index < -0.39 is 0 Å². The highest BCUT2D eigenvalue weighted by Crippen LogP contribution is 2.66. The second kappa shape index (κ2) is 4.94. The maximum Gasteiger partial charge on any atom is 0.0624 e. The molecule has 3 N–H and O–H groups in total. The zero-order valence-electron chi connectivity index (χ0n) is 14.0. The molecule has 0 aromatic rings. The van der Waals surface area contributed by atoms with Gasteiger partial charge < -0.3 is 15.3 Å². The van der Waals surface area contributed by atoms with E-state index in [0.29, 0.717) is 23.7 Å². The highest BCUT2D eigenvalue weighted by molar-refractivity contribution is 5.12. The van der Waals surface area contributed by atoms with E-state index >= 15 is 0 Å². The standard InChI is InChI=1S/C19H32O3/c1-18-8-7-12(20)9-11(18)3-4-13-14-5-6-16(21)19(14,2)17(22)10-15(13)18/h11-17,20-22H,3-10H2,1-2H3/t11-,12-,13-,14-,15-,16-,17+,18-,19-/m0/s1. The minimum atomic E-state index is -0.362. The van der Waals surface area contributed by atoms with Gasteiger partial charge in [0.15, 0.2) is 0 Å². The van der Waals surface area contributed by atoms with Gasteiger partial charge in [-0.2, -0.15) is 0 Å². The molecule has 4 saturated carbocycles. The van der Waals surface area contributed by atoms with E-state index in [9.17, 15) is 15.3 Å². The van der Waals surface area contributed by atoms with Gasteiger partial charge in [-0.05, 0) is 80.5 Å². The number of aliphatic hydroxyl groups is 3. The molecule has 3 heteroatoms. The van der Waals surface area contributed by atoms with Crippen LogP contribution in [-0.4, -0.2) is 33.6 Å². The van der Waals surface area contributed by atoms with Crippen molar-refractivity contribution in [1.29, 1.82) is 0 Å². The predicted octanol–water partition coefficient (Wildman–Crippen LogP) is 2.72. The van der Waals surface area contributed by atoms with Crippen LogP contribution in [0.2, 0.25) is 0 Å². The molecule has 0 heterocycles. The molecule has 0 saturated heterocycles. The molecule has 0 unspecified atom stereocenters. The van der Waals surface area contributed by atoms with Crippen LogP contribution in [0.3, 0.4) is 0 Å². The molecule has 0 aliphatic heterocycles. The topological polar surface area (TPSA) is 60.7 Å². The molecular formula is C19H32O3. The third kappa shape index (κ3) is 1.85. The lowest BCUT2D eigenvalue weighted by molar-refractivity contribution is -0.180. The Hall–Kier alpha value is -0.120. The van der Waals surface area contributed by atoms with Crippen LogP contribution < -0.4 is 0 Å². The minimum absolute atomic E-state index is 0.110. The molecule has 4 aliphatic carbocycles. The van der Waals surface area contributed by atoms with Gasteiger partial charge in [0.1, 0.15) is 0 Å². The molecule has 0 amide bonds. The summed E-state index contributed by atoms with van der Waals surface area (Å²) in [5, 5.41) is 31.4. The summed E-state index contributed by atoms with van der Waals surface area (Å²) in [7, 11) is 0. The monoisotopic (exact) mass is 308 g/mol. The first-order chi connectivity index (χ1) is 10.4. The largest absolute Gasteiger partial charge is 0.393 e. The van der Waals surface area contributed by atoms with E-state index in [1.165, 1.54) is 12.8 Å². The summed E-state index contributed by atoms with van der Waals surface area (Å²) in [6.07, 6.45) is 7.46. The summed E-state index contributed by atoms with van der Waals surface area (Å²) in [5.74, 6) is 2.36. The van der Waals surface area contributed by atoms with Crippen LogP contribution in [0.25, 0.3) is 0 Å². The molecular weight excluding hydrogens is 276 g/mol. The van der Waals surface area contributed by atoms with E-state index in [1.54, 1.807) is 0 Å². The first-order valence-electron chi connectivity index (χ1n) is 9.41. The van der Waals surface area contributed by atoms with Crippen molar-refractivity contribution in [1.82, 2.24) is 0 Å². The molecule has 0 bridgehead atoms. The summed E-state index contributed by atoms with van der Waals surface area (Å²) in [4.78, 5) is 0. The second-order valence-corrected chi connectivity index (χ2v) is 9.30. The van der Waals surface area contributed by atoms with Gasteiger partial charge in [-0.25, -0.2) is 0 Å². The highest BCUT2D eigenvalue weighted by atomic mass is 16.3. The zero-order valence-corrected chi connectivity index (χ0v) is 14.0. The molecule has 4 fully saturated rings. The SMILES string of the molecule is C[C@]12CC[C@H](O)C[C@@H]1CC[C@@H]1[C@@H]2C[C@@H](O)[C@]2(C)[C@@H](O)CC[C@@H]12. The van der Waals surface area contributed by atoms with Gasteiger partial charge in [-0.15, -0.1) is 0 Å². The third-order valence-electron chi connectivity index (χ3n) is 8.70. The van der Waals surface area contributed by atoms with Crippen molar-refractivity contribution >= 4 is 0 Å². The first-order valence-corrected chi connectivity index (χ1v) is 9.41. The first kappa shape index (κ1) is 15.4.